The molecule has 0 spiro atoms. The smallest absolute Gasteiger partial charge is 0.302 e. The maximum absolute atomic E-state index is 9.70. The Bertz CT molecular complexity index is 228. The van der Waals surface area contributed by atoms with E-state index in [1.54, 1.807) is 14.1 Å². The predicted octanol–water partition coefficient (Wildman–Crippen LogP) is 0.279. The number of ether oxygens (including phenoxy) is 1. The van der Waals surface area contributed by atoms with Crippen molar-refractivity contribution in [2.75, 3.05) is 21.2 Å². The van der Waals surface area contributed by atoms with Crippen LogP contribution in [-0.2, 0) is 23.9 Å². The van der Waals surface area contributed by atoms with E-state index in [1.807, 2.05) is 0 Å². The molecule has 0 aliphatic rings. The molecule has 0 bridgehead atoms. The van der Waals surface area contributed by atoms with Crippen LogP contribution >= 0.6 is 0 Å². The van der Waals surface area contributed by atoms with Crippen molar-refractivity contribution in [3.8, 4) is 0 Å². The molecule has 0 unspecified atom stereocenters. The van der Waals surface area contributed by atoms with E-state index in [0.29, 0.717) is 0 Å². The lowest BCUT2D eigenvalue weighted by Gasteiger charge is -1.80. The van der Waals surface area contributed by atoms with Crippen LogP contribution in [0.2, 0.25) is 0 Å². The van der Waals surface area contributed by atoms with Crippen molar-refractivity contribution in [3.63, 3.8) is 0 Å². The molecule has 0 saturated heterocycles. The third-order valence-corrected chi connectivity index (χ3v) is 0.992. The number of hydrogen-bond acceptors (Lipinski definition) is 5. The molecule has 0 fully saturated rings. The molecule has 0 aliphatic heterocycles. The molecule has 0 atom stereocenters. The number of carbonyl (C=O) groups is 4. The van der Waals surface area contributed by atoms with Crippen LogP contribution in [0.25, 0.3) is 0 Å². The number of methoxy groups -OCH3 is 1. The van der Waals surface area contributed by atoms with E-state index in [9.17, 15) is 19.2 Å². The first-order valence-electron chi connectivity index (χ1n) is 5.43. The summed E-state index contributed by atoms with van der Waals surface area (Å²) in [5, 5.41) is 4.78. The molecule has 0 aliphatic carbocycles. The van der Waals surface area contributed by atoms with Crippen molar-refractivity contribution in [1.82, 2.24) is 10.6 Å². The lowest BCUT2D eigenvalue weighted by molar-refractivity contribution is -0.138. The predicted molar refractivity (Wildman–Crippen MR) is 73.5 cm³/mol. The minimum absolute atomic E-state index is 0.00463. The minimum atomic E-state index is -0.245. The average molecular weight is 278 g/mol. The summed E-state index contributed by atoms with van der Waals surface area (Å²) in [5.74, 6) is -0.0694. The molecule has 19 heavy (non-hydrogen) atoms. The van der Waals surface area contributed by atoms with Crippen LogP contribution in [0.3, 0.4) is 0 Å². The van der Waals surface area contributed by atoms with Gasteiger partial charge < -0.3 is 20.2 Å². The standard InChI is InChI=1S/2C3H7NO.C3H6O2.C3H6O/c2*1-3(5)4-2;1-3(4)5-2;1-3(2)4/h2*1-2H3,(H,4,5);1-2H3;1-2H3. The molecule has 0 aromatic carbocycles. The Hall–Kier alpha value is -1.92. The van der Waals surface area contributed by atoms with Gasteiger partial charge in [-0.15, -0.1) is 0 Å². The molecule has 0 heterocycles. The molecule has 0 saturated carbocycles. The topological polar surface area (TPSA) is 102 Å². The van der Waals surface area contributed by atoms with Gasteiger partial charge in [0.2, 0.25) is 11.8 Å². The number of amides is 2. The summed E-state index contributed by atoms with van der Waals surface area (Å²) in [6.07, 6.45) is 0. The van der Waals surface area contributed by atoms with Crippen LogP contribution in [0.1, 0.15) is 34.6 Å². The monoisotopic (exact) mass is 278 g/mol. The highest BCUT2D eigenvalue weighted by atomic mass is 16.5. The molecule has 7 nitrogen and oxygen atoms in total. The maximum atomic E-state index is 9.70. The number of rotatable bonds is 0. The molecule has 2 N–H and O–H groups in total. The second-order valence-corrected chi connectivity index (χ2v) is 3.22. The van der Waals surface area contributed by atoms with Crippen molar-refractivity contribution in [2.45, 2.75) is 34.6 Å². The van der Waals surface area contributed by atoms with E-state index in [1.165, 1.54) is 41.7 Å². The zero-order chi connectivity index (χ0) is 16.4. The van der Waals surface area contributed by atoms with Crippen molar-refractivity contribution in [1.29, 1.82) is 0 Å². The Morgan fingerprint density at radius 1 is 0.737 bits per heavy atom. The van der Waals surface area contributed by atoms with Gasteiger partial charge in [-0.05, 0) is 13.8 Å². The van der Waals surface area contributed by atoms with Gasteiger partial charge in [-0.2, -0.15) is 0 Å². The lowest BCUT2D eigenvalue weighted by atomic mass is 10.6. The Morgan fingerprint density at radius 2 is 0.842 bits per heavy atom. The van der Waals surface area contributed by atoms with Gasteiger partial charge in [-0.3, -0.25) is 14.4 Å². The first-order chi connectivity index (χ1) is 8.54. The molecule has 0 radical (unpaired) electrons. The molecular weight excluding hydrogens is 252 g/mol. The molecular formula is C12H26N2O5. The summed E-state index contributed by atoms with van der Waals surface area (Å²) >= 11 is 0. The largest absolute Gasteiger partial charge is 0.469 e. The molecule has 2 amide bonds. The number of esters is 1. The average Bonchev–Trinajstić information content (AvgIpc) is 2.29. The van der Waals surface area contributed by atoms with Gasteiger partial charge in [0, 0.05) is 34.9 Å². The van der Waals surface area contributed by atoms with Crippen LogP contribution in [0.5, 0.6) is 0 Å². The quantitative estimate of drug-likeness (QED) is 0.620. The van der Waals surface area contributed by atoms with E-state index in [-0.39, 0.29) is 23.6 Å². The Balaban J connectivity index is -0.0000000793. The van der Waals surface area contributed by atoms with Gasteiger partial charge in [0.1, 0.15) is 5.78 Å². The number of carbonyl (C=O) groups excluding carboxylic acids is 4. The van der Waals surface area contributed by atoms with Crippen LogP contribution < -0.4 is 10.6 Å². The minimum Gasteiger partial charge on any atom is -0.469 e. The number of hydrogen-bond donors (Lipinski definition) is 2. The highest BCUT2D eigenvalue weighted by molar-refractivity contribution is 5.72. The first-order valence-corrected chi connectivity index (χ1v) is 5.43. The van der Waals surface area contributed by atoms with Crippen molar-refractivity contribution < 1.29 is 23.9 Å². The Labute approximate surface area is 115 Å². The van der Waals surface area contributed by atoms with Crippen molar-refractivity contribution in [2.24, 2.45) is 0 Å². The summed E-state index contributed by atoms with van der Waals surface area (Å²) in [6.45, 7) is 7.36. The highest BCUT2D eigenvalue weighted by Crippen LogP contribution is 1.60. The molecule has 0 aromatic rings. The van der Waals surface area contributed by atoms with Gasteiger partial charge in [-0.25, -0.2) is 0 Å². The van der Waals surface area contributed by atoms with Crippen LogP contribution in [0.15, 0.2) is 0 Å². The number of Topliss-reactive ketones (excluding diaryl/α,β-unsaturated/α-hetero) is 1. The molecule has 0 rings (SSSR count). The van der Waals surface area contributed by atoms with E-state index in [2.05, 4.69) is 15.4 Å². The first kappa shape index (κ1) is 25.8. The third-order valence-electron chi connectivity index (χ3n) is 0.992. The normalized spacial score (nSPS) is 6.74. The van der Waals surface area contributed by atoms with Gasteiger partial charge >= 0.3 is 5.97 Å². The summed E-state index contributed by atoms with van der Waals surface area (Å²) in [4.78, 5) is 38.4. The van der Waals surface area contributed by atoms with Gasteiger partial charge in [0.15, 0.2) is 0 Å². The molecule has 114 valence electrons. The lowest BCUT2D eigenvalue weighted by Crippen LogP contribution is -2.11. The highest BCUT2D eigenvalue weighted by Gasteiger charge is 1.75. The third kappa shape index (κ3) is 192. The fraction of sp³-hybridized carbons (Fsp3) is 0.667. The van der Waals surface area contributed by atoms with E-state index in [0.717, 1.165) is 0 Å². The van der Waals surface area contributed by atoms with Crippen molar-refractivity contribution in [3.05, 3.63) is 0 Å². The van der Waals surface area contributed by atoms with E-state index >= 15 is 0 Å². The summed E-state index contributed by atoms with van der Waals surface area (Å²) in [5.41, 5.74) is 0. The van der Waals surface area contributed by atoms with Gasteiger partial charge in [0.05, 0.1) is 7.11 Å². The van der Waals surface area contributed by atoms with Crippen molar-refractivity contribution >= 4 is 23.6 Å². The zero-order valence-corrected chi connectivity index (χ0v) is 13.0. The fourth-order valence-electron chi connectivity index (χ4n) is 0. The van der Waals surface area contributed by atoms with E-state index in [4.69, 9.17) is 0 Å². The van der Waals surface area contributed by atoms with Crippen LogP contribution in [0.4, 0.5) is 0 Å². The summed E-state index contributed by atoms with van der Waals surface area (Å²) < 4.78 is 4.11. The van der Waals surface area contributed by atoms with E-state index < -0.39 is 0 Å². The van der Waals surface area contributed by atoms with Crippen LogP contribution in [0, 0.1) is 0 Å². The molecule has 7 heteroatoms. The van der Waals surface area contributed by atoms with Gasteiger partial charge in [0.25, 0.3) is 0 Å². The molecule has 0 aromatic heterocycles. The fourth-order valence-corrected chi connectivity index (χ4v) is 0. The maximum Gasteiger partial charge on any atom is 0.302 e. The SMILES string of the molecule is CC(C)=O.CNC(C)=O.CNC(C)=O.COC(C)=O. The summed E-state index contributed by atoms with van der Waals surface area (Å²) in [7, 11) is 4.55. The Kier molecular flexibility index (Phi) is 29.0. The Morgan fingerprint density at radius 3 is 0.842 bits per heavy atom. The zero-order valence-electron chi connectivity index (χ0n) is 13.0. The number of ketones is 1. The summed E-state index contributed by atoms with van der Waals surface area (Å²) in [6, 6.07) is 0. The second-order valence-electron chi connectivity index (χ2n) is 3.22. The second kappa shape index (κ2) is 21.4. The van der Waals surface area contributed by atoms with Gasteiger partial charge in [-0.1, -0.05) is 0 Å². The van der Waals surface area contributed by atoms with Crippen LogP contribution in [-0.4, -0.2) is 44.8 Å². The number of nitrogens with one attached hydrogen (secondary N) is 2.